The number of carbonyl (C=O) groups is 1. The van der Waals surface area contributed by atoms with Gasteiger partial charge in [-0.1, -0.05) is 0 Å². The summed E-state index contributed by atoms with van der Waals surface area (Å²) in [5.41, 5.74) is -0.773. The van der Waals surface area contributed by atoms with E-state index >= 15 is 0 Å². The number of ether oxygens (including phenoxy) is 3. The number of sulfonamides is 1. The van der Waals surface area contributed by atoms with Gasteiger partial charge in [0, 0.05) is 46.4 Å². The van der Waals surface area contributed by atoms with Crippen LogP contribution in [0.2, 0.25) is 0 Å². The molecule has 3 fully saturated rings. The molecule has 1 amide bonds. The Labute approximate surface area is 195 Å². The summed E-state index contributed by atoms with van der Waals surface area (Å²) in [5, 5.41) is 0. The third kappa shape index (κ3) is 5.85. The molecule has 0 bridgehead atoms. The monoisotopic (exact) mass is 483 g/mol. The highest BCUT2D eigenvalue weighted by Crippen LogP contribution is 2.39. The zero-order valence-corrected chi connectivity index (χ0v) is 20.3. The van der Waals surface area contributed by atoms with Crippen LogP contribution in [0.3, 0.4) is 0 Å². The molecule has 33 heavy (non-hydrogen) atoms. The molecule has 0 radical (unpaired) electrons. The predicted octanol–water partition coefficient (Wildman–Crippen LogP) is 1.11. The highest BCUT2D eigenvalue weighted by molar-refractivity contribution is 7.88. The van der Waals surface area contributed by atoms with E-state index in [1.165, 1.54) is 10.6 Å². The first-order chi connectivity index (χ1) is 15.6. The average molecular weight is 484 g/mol. The van der Waals surface area contributed by atoms with Crippen LogP contribution in [-0.2, 0) is 19.5 Å². The lowest BCUT2D eigenvalue weighted by Crippen LogP contribution is -2.51. The van der Waals surface area contributed by atoms with Crippen molar-refractivity contribution in [2.45, 2.75) is 43.8 Å². The molecule has 1 aromatic rings. The Bertz CT molecular complexity index is 936. The van der Waals surface area contributed by atoms with Crippen LogP contribution in [0, 0.1) is 0 Å². The number of carbonyl (C=O) groups excluding carboxylic acids is 1. The smallest absolute Gasteiger partial charge is 0.410 e. The van der Waals surface area contributed by atoms with Crippen molar-refractivity contribution in [2.75, 3.05) is 64.1 Å². The van der Waals surface area contributed by atoms with Crippen LogP contribution in [0.25, 0.3) is 0 Å². The normalized spacial score (nSPS) is 22.6. The minimum absolute atomic E-state index is 0.251. The molecule has 2 aliphatic heterocycles. The van der Waals surface area contributed by atoms with Gasteiger partial charge in [0.05, 0.1) is 18.6 Å². The number of anilines is 1. The van der Waals surface area contributed by atoms with Crippen molar-refractivity contribution in [1.29, 1.82) is 0 Å². The van der Waals surface area contributed by atoms with Crippen LogP contribution in [-0.4, -0.2) is 104 Å². The molecule has 1 aliphatic carbocycles. The molecule has 1 aromatic heterocycles. The van der Waals surface area contributed by atoms with Crippen molar-refractivity contribution < 1.29 is 27.4 Å². The van der Waals surface area contributed by atoms with Crippen LogP contribution >= 0.6 is 0 Å². The number of aromatic nitrogens is 2. The molecular formula is C21H33N5O6S. The lowest BCUT2D eigenvalue weighted by atomic mass is 9.92. The summed E-state index contributed by atoms with van der Waals surface area (Å²) in [5.74, 6) is 1.08. The van der Waals surface area contributed by atoms with E-state index in [1.807, 2.05) is 11.8 Å². The van der Waals surface area contributed by atoms with E-state index in [0.717, 1.165) is 12.8 Å². The molecule has 0 spiro atoms. The van der Waals surface area contributed by atoms with E-state index in [4.69, 9.17) is 14.2 Å². The third-order valence-corrected chi connectivity index (χ3v) is 8.09. The maximum atomic E-state index is 12.3. The number of methoxy groups -OCH3 is 1. The highest BCUT2D eigenvalue weighted by atomic mass is 32.2. The Balaban J connectivity index is 1.26. The lowest BCUT2D eigenvalue weighted by Gasteiger charge is -2.40. The number of piperazine rings is 1. The van der Waals surface area contributed by atoms with Gasteiger partial charge in [0.1, 0.15) is 23.6 Å². The molecule has 4 rings (SSSR count). The van der Waals surface area contributed by atoms with Gasteiger partial charge in [0.2, 0.25) is 15.9 Å². The number of likely N-dealkylation sites (tertiary alicyclic amines) is 1. The first kappa shape index (κ1) is 24.0. The molecule has 2 saturated heterocycles. The summed E-state index contributed by atoms with van der Waals surface area (Å²) in [7, 11) is -1.51. The first-order valence-corrected chi connectivity index (χ1v) is 13.1. The quantitative estimate of drug-likeness (QED) is 0.562. The molecule has 0 N–H and O–H groups in total. The van der Waals surface area contributed by atoms with Gasteiger partial charge >= 0.3 is 6.09 Å². The van der Waals surface area contributed by atoms with Gasteiger partial charge in [0.25, 0.3) is 0 Å². The van der Waals surface area contributed by atoms with E-state index in [9.17, 15) is 13.2 Å². The van der Waals surface area contributed by atoms with Gasteiger partial charge in [-0.2, -0.15) is 4.31 Å². The van der Waals surface area contributed by atoms with Gasteiger partial charge in [-0.05, 0) is 32.6 Å². The Hall–Kier alpha value is -2.18. The fourth-order valence-corrected chi connectivity index (χ4v) is 4.89. The van der Waals surface area contributed by atoms with Crippen LogP contribution in [0.15, 0.2) is 12.4 Å². The fraction of sp³-hybridized carbons (Fsp3) is 0.762. The Morgan fingerprint density at radius 3 is 2.21 bits per heavy atom. The van der Waals surface area contributed by atoms with Gasteiger partial charge in [-0.25, -0.2) is 23.2 Å². The fourth-order valence-electron chi connectivity index (χ4n) is 4.06. The summed E-state index contributed by atoms with van der Waals surface area (Å²) in [6.45, 7) is 5.36. The second kappa shape index (κ2) is 9.22. The molecule has 0 unspecified atom stereocenters. The molecule has 0 atom stereocenters. The Morgan fingerprint density at radius 2 is 1.70 bits per heavy atom. The van der Waals surface area contributed by atoms with Crippen LogP contribution in [0.1, 0.15) is 32.6 Å². The standard InChI is InChI=1S/C21H33N5O6S/c1-20(4-5-20)32-19(27)25-8-6-21(30-2,7-9-25)16-31-18-15-22-17(14-23-18)24-10-12-26(13-11-24)33(3,28)29/h14-15H,4-13,16H2,1-3H3. The summed E-state index contributed by atoms with van der Waals surface area (Å²) < 4.78 is 42.0. The largest absolute Gasteiger partial charge is 0.473 e. The van der Waals surface area contributed by atoms with Crippen molar-refractivity contribution in [3.05, 3.63) is 12.4 Å². The summed E-state index contributed by atoms with van der Waals surface area (Å²) >= 11 is 0. The van der Waals surface area contributed by atoms with Gasteiger partial charge < -0.3 is 24.0 Å². The van der Waals surface area contributed by atoms with Crippen molar-refractivity contribution in [2.24, 2.45) is 0 Å². The zero-order chi connectivity index (χ0) is 23.7. The molecule has 1 saturated carbocycles. The van der Waals surface area contributed by atoms with Crippen molar-refractivity contribution in [3.63, 3.8) is 0 Å². The van der Waals surface area contributed by atoms with Crippen molar-refractivity contribution >= 4 is 21.9 Å². The lowest BCUT2D eigenvalue weighted by molar-refractivity contribution is -0.0827. The first-order valence-electron chi connectivity index (χ1n) is 11.3. The Kier molecular flexibility index (Phi) is 6.70. The average Bonchev–Trinajstić information content (AvgIpc) is 3.54. The SMILES string of the molecule is COC1(COc2cnc(N3CCN(S(C)(=O)=O)CC3)cn2)CCN(C(=O)OC2(C)CC2)CC1. The van der Waals surface area contributed by atoms with Crippen LogP contribution < -0.4 is 9.64 Å². The van der Waals surface area contributed by atoms with E-state index in [1.54, 1.807) is 24.4 Å². The molecule has 12 heteroatoms. The second-order valence-corrected chi connectivity index (χ2v) is 11.3. The van der Waals surface area contributed by atoms with Gasteiger partial charge in [0.15, 0.2) is 0 Å². The number of hydrogen-bond acceptors (Lipinski definition) is 9. The topological polar surface area (TPSA) is 114 Å². The second-order valence-electron chi connectivity index (χ2n) is 9.34. The zero-order valence-electron chi connectivity index (χ0n) is 19.5. The van der Waals surface area contributed by atoms with Gasteiger partial charge in [-0.3, -0.25) is 0 Å². The van der Waals surface area contributed by atoms with E-state index in [2.05, 4.69) is 9.97 Å². The molecule has 184 valence electrons. The molecule has 3 aliphatic rings. The van der Waals surface area contributed by atoms with Crippen LogP contribution in [0.5, 0.6) is 5.88 Å². The molecule has 0 aromatic carbocycles. The third-order valence-electron chi connectivity index (χ3n) is 6.78. The number of nitrogens with zero attached hydrogens (tertiary/aromatic N) is 5. The number of amides is 1. The maximum Gasteiger partial charge on any atom is 0.410 e. The number of hydrogen-bond donors (Lipinski definition) is 0. The summed E-state index contributed by atoms with van der Waals surface area (Å²) in [4.78, 5) is 24.9. The van der Waals surface area contributed by atoms with E-state index in [0.29, 0.717) is 70.4 Å². The number of rotatable bonds is 7. The highest BCUT2D eigenvalue weighted by Gasteiger charge is 2.44. The van der Waals surface area contributed by atoms with Crippen molar-refractivity contribution in [1.82, 2.24) is 19.2 Å². The minimum Gasteiger partial charge on any atom is -0.473 e. The van der Waals surface area contributed by atoms with E-state index in [-0.39, 0.29) is 11.7 Å². The van der Waals surface area contributed by atoms with Gasteiger partial charge in [-0.15, -0.1) is 0 Å². The van der Waals surface area contributed by atoms with Crippen molar-refractivity contribution in [3.8, 4) is 5.88 Å². The van der Waals surface area contributed by atoms with Crippen LogP contribution in [0.4, 0.5) is 10.6 Å². The minimum atomic E-state index is -3.17. The maximum absolute atomic E-state index is 12.3. The molecule has 3 heterocycles. The van der Waals surface area contributed by atoms with E-state index < -0.39 is 15.6 Å². The molecular weight excluding hydrogens is 450 g/mol. The molecule has 11 nitrogen and oxygen atoms in total. The summed E-state index contributed by atoms with van der Waals surface area (Å²) in [6.07, 6.45) is 7.34. The summed E-state index contributed by atoms with van der Waals surface area (Å²) in [6, 6.07) is 0. The Morgan fingerprint density at radius 1 is 1.03 bits per heavy atom. The number of piperidine rings is 1. The predicted molar refractivity (Wildman–Crippen MR) is 121 cm³/mol.